The maximum Gasteiger partial charge on any atom is 0.322 e. The highest BCUT2D eigenvalue weighted by atomic mass is 79.9. The Morgan fingerprint density at radius 1 is 1.15 bits per heavy atom. The number of hydrogen-bond donors (Lipinski definition) is 2. The monoisotopic (exact) mass is 531 g/mol. The fourth-order valence-corrected chi connectivity index (χ4v) is 4.67. The number of phenols is 1. The van der Waals surface area contributed by atoms with Gasteiger partial charge in [-0.2, -0.15) is 0 Å². The molecule has 1 aliphatic carbocycles. The van der Waals surface area contributed by atoms with Gasteiger partial charge in [-0.3, -0.25) is 9.59 Å². The minimum atomic E-state index is -0.755. The van der Waals surface area contributed by atoms with Crippen LogP contribution in [-0.2, 0) is 9.53 Å². The van der Waals surface area contributed by atoms with Gasteiger partial charge in [-0.25, -0.2) is 0 Å². The summed E-state index contributed by atoms with van der Waals surface area (Å²) in [4.78, 5) is 25.4. The lowest BCUT2D eigenvalue weighted by Gasteiger charge is -2.33. The van der Waals surface area contributed by atoms with E-state index < -0.39 is 23.9 Å². The van der Waals surface area contributed by atoms with Crippen LogP contribution in [0.2, 0.25) is 0 Å². The van der Waals surface area contributed by atoms with Gasteiger partial charge in [-0.05, 0) is 50.0 Å². The number of carbonyl (C=O) groups excluding carboxylic acids is 2. The summed E-state index contributed by atoms with van der Waals surface area (Å²) >= 11 is 3.41. The van der Waals surface area contributed by atoms with Gasteiger partial charge in [-0.1, -0.05) is 40.6 Å². The normalized spacial score (nSPS) is 19.0. The fraction of sp³-hybridized carbons (Fsp3) is 0.385. The summed E-state index contributed by atoms with van der Waals surface area (Å²) < 4.78 is 17.6. The first-order chi connectivity index (χ1) is 16.3. The lowest BCUT2D eigenvalue weighted by atomic mass is 9.79. The molecule has 8 heteroatoms. The molecule has 34 heavy (non-hydrogen) atoms. The van der Waals surface area contributed by atoms with Crippen molar-refractivity contribution in [3.05, 3.63) is 57.6 Å². The molecule has 0 amide bonds. The molecule has 1 aliphatic rings. The van der Waals surface area contributed by atoms with Crippen LogP contribution in [0.25, 0.3) is 6.08 Å². The summed E-state index contributed by atoms with van der Waals surface area (Å²) in [5.41, 5.74) is 6.99. The number of hydrogen-bond acceptors (Lipinski definition) is 7. The summed E-state index contributed by atoms with van der Waals surface area (Å²) in [6.07, 6.45) is 5.64. The molecule has 3 atom stereocenters. The van der Waals surface area contributed by atoms with Crippen molar-refractivity contribution in [2.24, 2.45) is 5.73 Å². The first-order valence-corrected chi connectivity index (χ1v) is 12.0. The summed E-state index contributed by atoms with van der Waals surface area (Å²) in [5.74, 6) is -0.931. The largest absolute Gasteiger partial charge is 0.507 e. The van der Waals surface area contributed by atoms with E-state index in [0.717, 1.165) is 22.9 Å². The Hall–Kier alpha value is -2.84. The zero-order valence-electron chi connectivity index (χ0n) is 19.5. The smallest absolute Gasteiger partial charge is 0.322 e. The molecule has 2 aromatic carbocycles. The number of benzene rings is 2. The zero-order chi connectivity index (χ0) is 24.8. The van der Waals surface area contributed by atoms with E-state index >= 15 is 0 Å². The van der Waals surface area contributed by atoms with Crippen LogP contribution in [0.1, 0.15) is 60.0 Å². The molecule has 0 spiro atoms. The van der Waals surface area contributed by atoms with Crippen LogP contribution >= 0.6 is 15.9 Å². The predicted octanol–water partition coefficient (Wildman–Crippen LogP) is 4.98. The van der Waals surface area contributed by atoms with E-state index in [1.807, 2.05) is 24.3 Å². The van der Waals surface area contributed by atoms with Crippen molar-refractivity contribution in [2.75, 3.05) is 14.2 Å². The number of nitrogens with two attached hydrogens (primary N) is 1. The number of allylic oxidation sites excluding steroid dienone is 1. The van der Waals surface area contributed by atoms with Crippen molar-refractivity contribution in [3.8, 4) is 17.2 Å². The number of ether oxygens (including phenoxy) is 3. The lowest BCUT2D eigenvalue weighted by Crippen LogP contribution is -2.36. The van der Waals surface area contributed by atoms with E-state index in [4.69, 9.17) is 19.9 Å². The van der Waals surface area contributed by atoms with Gasteiger partial charge in [0.25, 0.3) is 0 Å². The van der Waals surface area contributed by atoms with Crippen LogP contribution in [0, 0.1) is 0 Å². The summed E-state index contributed by atoms with van der Waals surface area (Å²) in [7, 11) is 2.91. The molecule has 1 saturated carbocycles. The highest BCUT2D eigenvalue weighted by molar-refractivity contribution is 9.10. The van der Waals surface area contributed by atoms with Crippen LogP contribution in [0.15, 0.2) is 40.9 Å². The van der Waals surface area contributed by atoms with Crippen molar-refractivity contribution in [1.29, 1.82) is 0 Å². The van der Waals surface area contributed by atoms with Gasteiger partial charge >= 0.3 is 5.97 Å². The zero-order valence-corrected chi connectivity index (χ0v) is 21.1. The Morgan fingerprint density at radius 2 is 1.85 bits per heavy atom. The first kappa shape index (κ1) is 25.8. The first-order valence-electron chi connectivity index (χ1n) is 11.2. The van der Waals surface area contributed by atoms with Crippen molar-refractivity contribution in [2.45, 2.75) is 50.7 Å². The number of esters is 1. The third kappa shape index (κ3) is 5.80. The van der Waals surface area contributed by atoms with Crippen molar-refractivity contribution >= 4 is 33.8 Å². The molecule has 0 aliphatic heterocycles. The van der Waals surface area contributed by atoms with E-state index in [2.05, 4.69) is 15.9 Å². The molecule has 2 aromatic rings. The summed E-state index contributed by atoms with van der Waals surface area (Å²) in [6, 6.07) is 8.33. The molecular formula is C26H30BrNO6. The highest BCUT2D eigenvalue weighted by Crippen LogP contribution is 2.48. The van der Waals surface area contributed by atoms with E-state index in [1.54, 1.807) is 19.1 Å². The molecule has 3 rings (SSSR count). The molecule has 0 saturated heterocycles. The second-order valence-corrected chi connectivity index (χ2v) is 9.24. The summed E-state index contributed by atoms with van der Waals surface area (Å²) in [5, 5.41) is 11.4. The molecule has 7 nitrogen and oxygen atoms in total. The molecule has 0 bridgehead atoms. The number of methoxy groups -OCH3 is 2. The maximum absolute atomic E-state index is 13.2. The minimum Gasteiger partial charge on any atom is -0.507 e. The second kappa shape index (κ2) is 11.5. The molecule has 182 valence electrons. The number of halogens is 1. The van der Waals surface area contributed by atoms with Crippen molar-refractivity contribution < 1.29 is 28.9 Å². The van der Waals surface area contributed by atoms with E-state index in [1.165, 1.54) is 20.3 Å². The Morgan fingerprint density at radius 3 is 2.50 bits per heavy atom. The number of carbonyl (C=O) groups is 2. The molecule has 0 aromatic heterocycles. The average molecular weight is 532 g/mol. The van der Waals surface area contributed by atoms with Crippen LogP contribution in [0.3, 0.4) is 0 Å². The van der Waals surface area contributed by atoms with Crippen molar-refractivity contribution in [3.63, 3.8) is 0 Å². The second-order valence-electron chi connectivity index (χ2n) is 8.33. The predicted molar refractivity (Wildman–Crippen MR) is 133 cm³/mol. The molecule has 3 N–H and O–H groups in total. The lowest BCUT2D eigenvalue weighted by molar-refractivity contribution is -0.152. The van der Waals surface area contributed by atoms with Crippen LogP contribution < -0.4 is 15.2 Å². The Labute approximate surface area is 208 Å². The van der Waals surface area contributed by atoms with Gasteiger partial charge < -0.3 is 25.1 Å². The number of ketones is 1. The SMILES string of the molecule is COc1cc(OC)c([C@@H]2CCCC[C@H]2OC(=O)[C@H](C)N)c(O)c1C(=O)C=Cc1cccc(Br)c1. The van der Waals surface area contributed by atoms with Crippen molar-refractivity contribution in [1.82, 2.24) is 0 Å². The Balaban J connectivity index is 2.04. The fourth-order valence-electron chi connectivity index (χ4n) is 4.25. The third-order valence-electron chi connectivity index (χ3n) is 5.94. The average Bonchev–Trinajstić information content (AvgIpc) is 2.82. The summed E-state index contributed by atoms with van der Waals surface area (Å²) in [6.45, 7) is 1.57. The standard InChI is InChI=1S/C26H30BrNO6/c1-15(28)26(31)34-20-10-5-4-9-18(20)23-21(32-2)14-22(33-3)24(25(23)30)19(29)12-11-16-7-6-8-17(27)13-16/h6-8,11-15,18,20,30H,4-5,9-10,28H2,1-3H3/t15-,18+,20+/m0/s1. The molecule has 0 radical (unpaired) electrons. The van der Waals surface area contributed by atoms with Gasteiger partial charge in [0.2, 0.25) is 0 Å². The van der Waals surface area contributed by atoms with Gasteiger partial charge in [0.05, 0.1) is 14.2 Å². The quantitative estimate of drug-likeness (QED) is 0.280. The van der Waals surface area contributed by atoms with Crippen LogP contribution in [0.4, 0.5) is 0 Å². The Bertz CT molecular complexity index is 1080. The number of aromatic hydroxyl groups is 1. The minimum absolute atomic E-state index is 0.0346. The van der Waals surface area contributed by atoms with Crippen LogP contribution in [0.5, 0.6) is 17.2 Å². The molecule has 1 fully saturated rings. The third-order valence-corrected chi connectivity index (χ3v) is 6.43. The van der Waals surface area contributed by atoms with Gasteiger partial charge in [0.15, 0.2) is 5.78 Å². The molecule has 0 unspecified atom stereocenters. The molecule has 0 heterocycles. The number of rotatable bonds is 8. The van der Waals surface area contributed by atoms with Crippen LogP contribution in [-0.4, -0.2) is 43.2 Å². The van der Waals surface area contributed by atoms with E-state index in [-0.39, 0.29) is 23.0 Å². The maximum atomic E-state index is 13.2. The highest BCUT2D eigenvalue weighted by Gasteiger charge is 2.36. The van der Waals surface area contributed by atoms with Gasteiger partial charge in [-0.15, -0.1) is 0 Å². The van der Waals surface area contributed by atoms with E-state index in [0.29, 0.717) is 24.2 Å². The Kier molecular flexibility index (Phi) is 8.74. The number of phenolic OH excluding ortho intramolecular Hbond substituents is 1. The van der Waals surface area contributed by atoms with Gasteiger partial charge in [0, 0.05) is 22.0 Å². The van der Waals surface area contributed by atoms with Gasteiger partial charge in [0.1, 0.15) is 35.0 Å². The molecular weight excluding hydrogens is 502 g/mol. The van der Waals surface area contributed by atoms with E-state index in [9.17, 15) is 14.7 Å². The topological polar surface area (TPSA) is 108 Å².